The topological polar surface area (TPSA) is 177 Å². The number of fused-ring (bicyclic) bond motifs is 10. The first-order valence-corrected chi connectivity index (χ1v) is 19.4. The molecule has 8 rings (SSSR count). The Morgan fingerprint density at radius 1 is 1.11 bits per heavy atom. The number of benzene rings is 2. The number of nitriles is 1. The summed E-state index contributed by atoms with van der Waals surface area (Å²) in [5, 5.41) is 13.2. The lowest BCUT2D eigenvalue weighted by molar-refractivity contribution is -0.151. The summed E-state index contributed by atoms with van der Waals surface area (Å²) in [6.45, 7) is 8.97. The highest BCUT2D eigenvalue weighted by atomic mass is 32.2. The van der Waals surface area contributed by atoms with Gasteiger partial charge in [0.25, 0.3) is 0 Å². The van der Waals surface area contributed by atoms with E-state index in [1.54, 1.807) is 21.1 Å². The Morgan fingerprint density at radius 3 is 2.61 bits per heavy atom. The van der Waals surface area contributed by atoms with Crippen molar-refractivity contribution >= 4 is 29.8 Å². The summed E-state index contributed by atoms with van der Waals surface area (Å²) in [4.78, 5) is 43.8. The molecule has 1 unspecified atom stereocenters. The Morgan fingerprint density at radius 2 is 1.89 bits per heavy atom. The van der Waals surface area contributed by atoms with Crippen LogP contribution in [0.4, 0.5) is 4.79 Å². The number of amides is 1. The molecule has 1 N–H and O–H groups in total. The number of nitrogens with one attached hydrogen (secondary N) is 1. The maximum atomic E-state index is 13.8. The number of piperazine rings is 1. The molecule has 1 amide bonds. The average molecular weight is 795 g/mol. The molecule has 2 saturated heterocycles. The van der Waals surface area contributed by atoms with Gasteiger partial charge < -0.3 is 47.9 Å². The Bertz CT molecular complexity index is 1950. The zero-order valence-corrected chi connectivity index (χ0v) is 33.0. The van der Waals surface area contributed by atoms with E-state index >= 15 is 0 Å². The lowest BCUT2D eigenvalue weighted by Crippen LogP contribution is -2.69. The average Bonchev–Trinajstić information content (AvgIpc) is 3.66. The molecule has 0 aromatic heterocycles. The van der Waals surface area contributed by atoms with Crippen molar-refractivity contribution in [1.29, 1.82) is 5.26 Å². The highest BCUT2D eigenvalue weighted by Crippen LogP contribution is 2.64. The summed E-state index contributed by atoms with van der Waals surface area (Å²) < 4.78 is 52.9. The largest absolute Gasteiger partial charge is 0.493 e. The normalized spacial score (nSPS) is 26.1. The lowest BCUT2D eigenvalue weighted by atomic mass is 9.71. The minimum atomic E-state index is -1.11. The van der Waals surface area contributed by atoms with Gasteiger partial charge in [-0.3, -0.25) is 14.6 Å². The molecule has 0 radical (unpaired) electrons. The highest BCUT2D eigenvalue weighted by molar-refractivity contribution is 7.99. The monoisotopic (exact) mass is 794 g/mol. The Balaban J connectivity index is 1.46. The molecule has 6 aliphatic rings. The number of thioether (sulfide) groups is 1. The van der Waals surface area contributed by atoms with E-state index in [-0.39, 0.29) is 38.6 Å². The maximum absolute atomic E-state index is 13.8. The molecule has 6 aliphatic heterocycles. The summed E-state index contributed by atoms with van der Waals surface area (Å²) in [5.74, 6) is 1.05. The summed E-state index contributed by atoms with van der Waals surface area (Å²) in [6.07, 6.45) is 1.13. The van der Waals surface area contributed by atoms with Crippen LogP contribution >= 0.6 is 11.8 Å². The third kappa shape index (κ3) is 6.76. The van der Waals surface area contributed by atoms with Crippen molar-refractivity contribution in [3.63, 3.8) is 0 Å². The number of nitrogens with zero attached hydrogens (tertiary/aromatic N) is 3. The Hall–Kier alpha value is -4.73. The standard InChI is InChI=1S/C39H46N4O12S/c1-8-9-50-39(46)41-23-16-56-37-29-28(36-34(53-18-54-36)20(3)33(29)55-21(4)44)26(15-51-38(23)45)43-25(14-40)24-13-22-12-19(2)32(48-7)35(52-17-49-11-10-47-6)27(22)30(31(37)43)42(24)5/h8,12,23-26,30-31,37H,1,9-11,13,15-18H2,2-7H3,(H,41,46)/t23-,24+,25+,26+,30-,31?,37-/m1/s1. The minimum absolute atomic E-state index is 0.0337. The van der Waals surface area contributed by atoms with Gasteiger partial charge in [0.2, 0.25) is 6.79 Å². The van der Waals surface area contributed by atoms with Crippen molar-refractivity contribution in [3.8, 4) is 34.8 Å². The SMILES string of the molecule is C=CCOC(=O)N[C@@H]1CS[C@@H]2c3c(OC(C)=O)c(C)c4c(c3[C@H](COC1=O)N1C2[C@H]2c3c(cc(C)c(OC)c3OCOCCOC)C[C@@H]([C@@H]1C#N)N2C)OCO4. The second-order valence-electron chi connectivity index (χ2n) is 14.1. The van der Waals surface area contributed by atoms with Gasteiger partial charge in [-0.2, -0.15) is 5.26 Å². The van der Waals surface area contributed by atoms with Crippen molar-refractivity contribution in [2.45, 2.75) is 68.7 Å². The summed E-state index contributed by atoms with van der Waals surface area (Å²) in [7, 11) is 5.19. The van der Waals surface area contributed by atoms with Crippen LogP contribution in [-0.2, 0) is 35.0 Å². The van der Waals surface area contributed by atoms with Gasteiger partial charge in [0.1, 0.15) is 31.0 Å². The van der Waals surface area contributed by atoms with Crippen LogP contribution in [0.5, 0.6) is 28.7 Å². The number of methoxy groups -OCH3 is 2. The van der Waals surface area contributed by atoms with Gasteiger partial charge in [-0.25, -0.2) is 9.59 Å². The van der Waals surface area contributed by atoms with Crippen LogP contribution < -0.4 is 29.0 Å². The number of esters is 2. The first-order chi connectivity index (χ1) is 27.1. The number of rotatable bonds is 11. The number of ether oxygens (including phenoxy) is 9. The van der Waals surface area contributed by atoms with Crippen molar-refractivity contribution in [2.24, 2.45) is 0 Å². The third-order valence-electron chi connectivity index (χ3n) is 11.0. The van der Waals surface area contributed by atoms with Gasteiger partial charge in [-0.15, -0.1) is 11.8 Å². The number of carbonyl (C=O) groups is 3. The third-order valence-corrected chi connectivity index (χ3v) is 12.4. The molecule has 0 spiro atoms. The molecular formula is C39H46N4O12S. The summed E-state index contributed by atoms with van der Waals surface area (Å²) in [5.41, 5.74) is 4.57. The number of carbonyl (C=O) groups excluding carboxylic acids is 3. The molecular weight excluding hydrogens is 749 g/mol. The van der Waals surface area contributed by atoms with Crippen molar-refractivity contribution < 1.29 is 57.0 Å². The van der Waals surface area contributed by atoms with Crippen molar-refractivity contribution in [3.05, 3.63) is 52.1 Å². The van der Waals surface area contributed by atoms with Crippen molar-refractivity contribution in [2.75, 3.05) is 67.0 Å². The fourth-order valence-corrected chi connectivity index (χ4v) is 10.3. The van der Waals surface area contributed by atoms with Gasteiger partial charge in [0.15, 0.2) is 29.8 Å². The predicted molar refractivity (Wildman–Crippen MR) is 200 cm³/mol. The minimum Gasteiger partial charge on any atom is -0.493 e. The second-order valence-corrected chi connectivity index (χ2v) is 15.3. The molecule has 6 heterocycles. The molecule has 17 heteroatoms. The van der Waals surface area contributed by atoms with E-state index in [0.717, 1.165) is 16.7 Å². The fraction of sp³-hybridized carbons (Fsp3) is 0.538. The van der Waals surface area contributed by atoms with Gasteiger partial charge in [0, 0.05) is 54.1 Å². The quantitative estimate of drug-likeness (QED) is 0.114. The smallest absolute Gasteiger partial charge is 0.408 e. The van der Waals surface area contributed by atoms with Crippen LogP contribution in [0, 0.1) is 25.2 Å². The van der Waals surface area contributed by atoms with Gasteiger partial charge in [-0.05, 0) is 38.4 Å². The number of hydrogen-bond acceptors (Lipinski definition) is 16. The Kier molecular flexibility index (Phi) is 11.6. The number of hydrogen-bond donors (Lipinski definition) is 1. The summed E-state index contributed by atoms with van der Waals surface area (Å²) >= 11 is 1.37. The fourth-order valence-electron chi connectivity index (χ4n) is 8.81. The first kappa shape index (κ1) is 39.5. The number of likely N-dealkylation sites (N-methyl/N-ethyl adjacent to an activating group) is 1. The molecule has 7 atom stereocenters. The van der Waals surface area contributed by atoms with Crippen LogP contribution in [0.15, 0.2) is 18.7 Å². The van der Waals surface area contributed by atoms with E-state index in [1.165, 1.54) is 24.8 Å². The van der Waals surface area contributed by atoms with Crippen LogP contribution in [0.3, 0.4) is 0 Å². The molecule has 0 saturated carbocycles. The Labute approximate surface area is 329 Å². The van der Waals surface area contributed by atoms with Gasteiger partial charge in [0.05, 0.1) is 43.7 Å². The molecule has 16 nitrogen and oxygen atoms in total. The first-order valence-electron chi connectivity index (χ1n) is 18.3. The van der Waals surface area contributed by atoms with Crippen molar-refractivity contribution in [1.82, 2.24) is 15.1 Å². The second kappa shape index (κ2) is 16.4. The van der Waals surface area contributed by atoms with E-state index in [0.29, 0.717) is 65.1 Å². The van der Waals surface area contributed by atoms with Gasteiger partial charge >= 0.3 is 18.0 Å². The highest BCUT2D eigenvalue weighted by Gasteiger charge is 2.61. The van der Waals surface area contributed by atoms with E-state index < -0.39 is 53.5 Å². The maximum Gasteiger partial charge on any atom is 0.408 e. The van der Waals surface area contributed by atoms with Crippen LogP contribution in [0.2, 0.25) is 0 Å². The number of alkyl carbamates (subject to hydrolysis) is 1. The zero-order chi connectivity index (χ0) is 39.8. The van der Waals surface area contributed by atoms with Gasteiger partial charge in [-0.1, -0.05) is 18.7 Å². The van der Waals surface area contributed by atoms with Crippen LogP contribution in [0.1, 0.15) is 57.6 Å². The van der Waals surface area contributed by atoms with E-state index in [2.05, 4.69) is 33.8 Å². The molecule has 0 aliphatic carbocycles. The molecule has 2 fully saturated rings. The molecule has 56 heavy (non-hydrogen) atoms. The van der Waals surface area contributed by atoms with E-state index in [4.69, 9.17) is 42.6 Å². The molecule has 4 bridgehead atoms. The van der Waals surface area contributed by atoms with E-state index in [9.17, 15) is 19.6 Å². The van der Waals surface area contributed by atoms with Crippen LogP contribution in [-0.4, -0.2) is 119 Å². The molecule has 2 aromatic carbocycles. The zero-order valence-electron chi connectivity index (χ0n) is 32.2. The molecule has 2 aromatic rings. The predicted octanol–water partition coefficient (Wildman–Crippen LogP) is 3.81. The van der Waals surface area contributed by atoms with Crippen LogP contribution in [0.25, 0.3) is 0 Å². The molecule has 300 valence electrons. The van der Waals surface area contributed by atoms with E-state index in [1.807, 2.05) is 14.0 Å². The number of aryl methyl sites for hydroxylation is 1. The summed E-state index contributed by atoms with van der Waals surface area (Å²) in [6, 6.07) is 0.866. The lowest BCUT2D eigenvalue weighted by Gasteiger charge is -2.61.